The van der Waals surface area contributed by atoms with Crippen LogP contribution in [0.15, 0.2) is 72.3 Å². The highest BCUT2D eigenvalue weighted by atomic mass is 16.5. The van der Waals surface area contributed by atoms with Crippen molar-refractivity contribution < 1.29 is 33.6 Å². The molecule has 1 aliphatic heterocycles. The average Bonchev–Trinajstić information content (AvgIpc) is 3.18. The maximum atomic E-state index is 13.5. The fraction of sp³-hybridized carbons (Fsp3) is 0.267. The van der Waals surface area contributed by atoms with Gasteiger partial charge >= 0.3 is 0 Å². The number of amides is 1. The molecule has 1 amide bonds. The van der Waals surface area contributed by atoms with Crippen molar-refractivity contribution in [3.05, 3.63) is 83.4 Å². The molecule has 3 aromatic rings. The van der Waals surface area contributed by atoms with Crippen LogP contribution in [0.1, 0.15) is 37.9 Å². The van der Waals surface area contributed by atoms with E-state index in [1.54, 1.807) is 66.7 Å². The van der Waals surface area contributed by atoms with Crippen molar-refractivity contribution in [1.82, 2.24) is 0 Å². The van der Waals surface area contributed by atoms with Crippen molar-refractivity contribution in [2.75, 3.05) is 25.7 Å². The zero-order valence-corrected chi connectivity index (χ0v) is 22.1. The van der Waals surface area contributed by atoms with E-state index in [0.29, 0.717) is 46.4 Å². The highest BCUT2D eigenvalue weighted by Gasteiger charge is 2.48. The van der Waals surface area contributed by atoms with E-state index in [0.717, 1.165) is 0 Å². The monoisotopic (exact) mass is 517 g/mol. The first-order chi connectivity index (χ1) is 18.3. The van der Waals surface area contributed by atoms with Gasteiger partial charge in [-0.05, 0) is 74.9 Å². The van der Waals surface area contributed by atoms with Gasteiger partial charge in [-0.25, -0.2) is 0 Å². The summed E-state index contributed by atoms with van der Waals surface area (Å²) in [5, 5.41) is 11.4. The van der Waals surface area contributed by atoms with E-state index in [1.165, 1.54) is 19.1 Å². The van der Waals surface area contributed by atoms with Gasteiger partial charge in [-0.1, -0.05) is 18.2 Å². The van der Waals surface area contributed by atoms with Crippen molar-refractivity contribution in [3.63, 3.8) is 0 Å². The maximum Gasteiger partial charge on any atom is 0.300 e. The van der Waals surface area contributed by atoms with Gasteiger partial charge in [0.1, 0.15) is 17.3 Å². The molecule has 0 radical (unpaired) electrons. The SMILES string of the molecule is CCOc1cc(C2/C(=C(/O)c3ccc(OC(C)C)cc3)C(=O)C(=O)N2c2ccccc2OC)ccc1OC. The van der Waals surface area contributed by atoms with Crippen molar-refractivity contribution in [2.24, 2.45) is 0 Å². The summed E-state index contributed by atoms with van der Waals surface area (Å²) in [6, 6.07) is 17.9. The Bertz CT molecular complexity index is 1360. The van der Waals surface area contributed by atoms with Gasteiger partial charge in [0.2, 0.25) is 0 Å². The van der Waals surface area contributed by atoms with Crippen LogP contribution in [0.2, 0.25) is 0 Å². The standard InChI is InChI=1S/C30H31NO7/c1-6-37-25-17-20(13-16-24(25)36-5)27-26(28(32)19-11-14-21(15-12-19)38-18(2)3)29(33)30(34)31(27)22-9-7-8-10-23(22)35-4/h7-18,27,32H,6H2,1-5H3/b28-26-. The van der Waals surface area contributed by atoms with Gasteiger partial charge in [-0.15, -0.1) is 0 Å². The first kappa shape index (κ1) is 26.6. The summed E-state index contributed by atoms with van der Waals surface area (Å²) in [6.45, 7) is 6.06. The second-order valence-electron chi connectivity index (χ2n) is 8.88. The number of nitrogens with zero attached hydrogens (tertiary/aromatic N) is 1. The highest BCUT2D eigenvalue weighted by molar-refractivity contribution is 6.52. The Hall–Kier alpha value is -4.46. The van der Waals surface area contributed by atoms with Crippen molar-refractivity contribution in [1.29, 1.82) is 0 Å². The summed E-state index contributed by atoms with van der Waals surface area (Å²) in [4.78, 5) is 28.4. The molecule has 1 N–H and O–H groups in total. The lowest BCUT2D eigenvalue weighted by Crippen LogP contribution is -2.29. The lowest BCUT2D eigenvalue weighted by atomic mass is 9.94. The fourth-order valence-corrected chi connectivity index (χ4v) is 4.48. The van der Waals surface area contributed by atoms with Crippen LogP contribution in [0.3, 0.4) is 0 Å². The van der Waals surface area contributed by atoms with E-state index < -0.39 is 17.7 Å². The third-order valence-electron chi connectivity index (χ3n) is 6.09. The summed E-state index contributed by atoms with van der Waals surface area (Å²) >= 11 is 0. The van der Waals surface area contributed by atoms with E-state index in [2.05, 4.69) is 0 Å². The summed E-state index contributed by atoms with van der Waals surface area (Å²) in [6.07, 6.45) is -0.0183. The molecule has 0 aliphatic carbocycles. The zero-order chi connectivity index (χ0) is 27.4. The van der Waals surface area contributed by atoms with Gasteiger partial charge in [0, 0.05) is 5.56 Å². The molecule has 3 aromatic carbocycles. The average molecular weight is 518 g/mol. The van der Waals surface area contributed by atoms with E-state index >= 15 is 0 Å². The van der Waals surface area contributed by atoms with Crippen LogP contribution in [0, 0.1) is 0 Å². The normalized spacial score (nSPS) is 16.6. The Morgan fingerprint density at radius 3 is 2.24 bits per heavy atom. The second kappa shape index (κ2) is 11.3. The molecule has 0 bridgehead atoms. The molecule has 0 aromatic heterocycles. The molecule has 8 heteroatoms. The minimum Gasteiger partial charge on any atom is -0.507 e. The Labute approximate surface area is 222 Å². The predicted octanol–water partition coefficient (Wildman–Crippen LogP) is 5.52. The number of carbonyl (C=O) groups excluding carboxylic acids is 2. The van der Waals surface area contributed by atoms with Crippen LogP contribution in [-0.2, 0) is 9.59 Å². The molecule has 0 spiro atoms. The Kier molecular flexibility index (Phi) is 7.90. The molecule has 8 nitrogen and oxygen atoms in total. The smallest absolute Gasteiger partial charge is 0.300 e. The van der Waals surface area contributed by atoms with E-state index in [9.17, 15) is 14.7 Å². The number of hydrogen-bond donors (Lipinski definition) is 1. The van der Waals surface area contributed by atoms with E-state index in [-0.39, 0.29) is 17.4 Å². The quantitative estimate of drug-likeness (QED) is 0.227. The van der Waals surface area contributed by atoms with Gasteiger partial charge < -0.3 is 24.1 Å². The number of ether oxygens (including phenoxy) is 4. The summed E-state index contributed by atoms with van der Waals surface area (Å²) in [7, 11) is 3.02. The first-order valence-corrected chi connectivity index (χ1v) is 12.3. The van der Waals surface area contributed by atoms with Crippen LogP contribution in [0.25, 0.3) is 5.76 Å². The number of anilines is 1. The topological polar surface area (TPSA) is 94.5 Å². The van der Waals surface area contributed by atoms with Crippen LogP contribution >= 0.6 is 0 Å². The molecule has 1 saturated heterocycles. The highest BCUT2D eigenvalue weighted by Crippen LogP contribution is 2.46. The van der Waals surface area contributed by atoms with Gasteiger partial charge in [0.25, 0.3) is 11.7 Å². The summed E-state index contributed by atoms with van der Waals surface area (Å²) < 4.78 is 22.4. The van der Waals surface area contributed by atoms with Gasteiger partial charge in [0.15, 0.2) is 11.5 Å². The van der Waals surface area contributed by atoms with Gasteiger partial charge in [-0.3, -0.25) is 14.5 Å². The minimum absolute atomic E-state index is 0.0183. The summed E-state index contributed by atoms with van der Waals surface area (Å²) in [5.41, 5.74) is 1.28. The first-order valence-electron chi connectivity index (χ1n) is 12.3. The number of methoxy groups -OCH3 is 2. The number of aliphatic hydroxyl groups is 1. The van der Waals surface area contributed by atoms with E-state index in [4.69, 9.17) is 18.9 Å². The Balaban J connectivity index is 1.93. The van der Waals surface area contributed by atoms with Crippen molar-refractivity contribution in [3.8, 4) is 23.0 Å². The number of rotatable bonds is 9. The Morgan fingerprint density at radius 2 is 1.61 bits per heavy atom. The molecule has 4 rings (SSSR count). The number of carbonyl (C=O) groups is 2. The predicted molar refractivity (Wildman–Crippen MR) is 144 cm³/mol. The zero-order valence-electron chi connectivity index (χ0n) is 22.1. The minimum atomic E-state index is -0.956. The number of benzene rings is 3. The third-order valence-corrected chi connectivity index (χ3v) is 6.09. The maximum absolute atomic E-state index is 13.5. The molecular weight excluding hydrogens is 486 g/mol. The number of Topliss-reactive ketones (excluding diaryl/α,β-unsaturated/α-hetero) is 1. The molecule has 0 saturated carbocycles. The molecule has 1 heterocycles. The molecule has 1 atom stereocenters. The molecule has 38 heavy (non-hydrogen) atoms. The Morgan fingerprint density at radius 1 is 0.921 bits per heavy atom. The van der Waals surface area contributed by atoms with Crippen LogP contribution in [-0.4, -0.2) is 43.7 Å². The number of aliphatic hydroxyl groups excluding tert-OH is 1. The number of ketones is 1. The summed E-state index contributed by atoms with van der Waals surface area (Å²) in [5.74, 6) is 0.103. The van der Waals surface area contributed by atoms with Crippen LogP contribution < -0.4 is 23.8 Å². The van der Waals surface area contributed by atoms with Crippen LogP contribution in [0.4, 0.5) is 5.69 Å². The second-order valence-corrected chi connectivity index (χ2v) is 8.88. The van der Waals surface area contributed by atoms with Gasteiger partial charge in [0.05, 0.1) is 44.2 Å². The largest absolute Gasteiger partial charge is 0.507 e. The van der Waals surface area contributed by atoms with Gasteiger partial charge in [-0.2, -0.15) is 0 Å². The lowest BCUT2D eigenvalue weighted by Gasteiger charge is -2.27. The molecule has 198 valence electrons. The fourth-order valence-electron chi connectivity index (χ4n) is 4.48. The molecule has 1 unspecified atom stereocenters. The van der Waals surface area contributed by atoms with E-state index in [1.807, 2.05) is 20.8 Å². The van der Waals surface area contributed by atoms with Crippen molar-refractivity contribution >= 4 is 23.1 Å². The molecular formula is C30H31NO7. The number of para-hydroxylation sites is 2. The number of hydrogen-bond acceptors (Lipinski definition) is 7. The molecule has 1 aliphatic rings. The van der Waals surface area contributed by atoms with Crippen LogP contribution in [0.5, 0.6) is 23.0 Å². The lowest BCUT2D eigenvalue weighted by molar-refractivity contribution is -0.132. The third kappa shape index (κ3) is 5.02. The van der Waals surface area contributed by atoms with Crippen molar-refractivity contribution in [2.45, 2.75) is 32.9 Å². The molecule has 1 fully saturated rings.